The molecule has 0 saturated carbocycles. The topological polar surface area (TPSA) is 111 Å². The van der Waals surface area contributed by atoms with Crippen molar-refractivity contribution in [1.82, 2.24) is 0 Å². The summed E-state index contributed by atoms with van der Waals surface area (Å²) in [6.45, 7) is 0. The first-order chi connectivity index (χ1) is 10.8. The van der Waals surface area contributed by atoms with Gasteiger partial charge in [-0.05, 0) is 30.3 Å². The molecule has 9 heteroatoms. The highest BCUT2D eigenvalue weighted by molar-refractivity contribution is 7.90. The van der Waals surface area contributed by atoms with E-state index in [4.69, 9.17) is 9.88 Å². The predicted octanol–water partition coefficient (Wildman–Crippen LogP) is 1.70. The van der Waals surface area contributed by atoms with E-state index < -0.39 is 21.9 Å². The molecule has 0 aromatic heterocycles. The number of rotatable bonds is 5. The number of benzene rings is 2. The first-order valence-corrected chi connectivity index (χ1v) is 7.89. The molecule has 0 saturated heterocycles. The number of hydrogen-bond acceptors (Lipinski definition) is 4. The first kappa shape index (κ1) is 16.7. The molecule has 2 rings (SSSR count). The van der Waals surface area contributed by atoms with Crippen LogP contribution in [0.1, 0.15) is 10.4 Å². The van der Waals surface area contributed by atoms with Crippen LogP contribution in [0.4, 0.5) is 15.8 Å². The molecule has 0 fully saturated rings. The minimum atomic E-state index is -3.93. The van der Waals surface area contributed by atoms with Crippen molar-refractivity contribution in [2.24, 2.45) is 5.14 Å². The average molecular weight is 339 g/mol. The number of anilines is 2. The smallest absolute Gasteiger partial charge is 0.296 e. The van der Waals surface area contributed by atoms with Crippen LogP contribution in [0.5, 0.6) is 5.75 Å². The summed E-state index contributed by atoms with van der Waals surface area (Å²) in [5, 5.41) is 7.34. The lowest BCUT2D eigenvalue weighted by Crippen LogP contribution is -2.21. The molecule has 0 aliphatic heterocycles. The van der Waals surface area contributed by atoms with Crippen LogP contribution >= 0.6 is 0 Å². The molecule has 0 aliphatic rings. The molecule has 2 aromatic rings. The van der Waals surface area contributed by atoms with Crippen molar-refractivity contribution in [3.63, 3.8) is 0 Å². The van der Waals surface area contributed by atoms with Gasteiger partial charge in [0.2, 0.25) is 0 Å². The number of halogens is 1. The molecule has 0 heterocycles. The third kappa shape index (κ3) is 4.41. The lowest BCUT2D eigenvalue weighted by molar-refractivity contribution is 0.102. The van der Waals surface area contributed by atoms with Crippen molar-refractivity contribution in [2.45, 2.75) is 0 Å². The van der Waals surface area contributed by atoms with E-state index in [0.29, 0.717) is 0 Å². The van der Waals surface area contributed by atoms with Crippen LogP contribution in [-0.2, 0) is 10.2 Å². The van der Waals surface area contributed by atoms with E-state index >= 15 is 0 Å². The predicted molar refractivity (Wildman–Crippen MR) is 84.1 cm³/mol. The Morgan fingerprint density at radius 2 is 1.83 bits per heavy atom. The van der Waals surface area contributed by atoms with Crippen molar-refractivity contribution in [3.8, 4) is 5.75 Å². The molecule has 0 atom stereocenters. The lowest BCUT2D eigenvalue weighted by Gasteiger charge is -2.10. The van der Waals surface area contributed by atoms with E-state index in [9.17, 15) is 17.6 Å². The summed E-state index contributed by atoms with van der Waals surface area (Å²) in [6.07, 6.45) is 0. The van der Waals surface area contributed by atoms with Crippen molar-refractivity contribution in [3.05, 3.63) is 53.8 Å². The average Bonchev–Trinajstić information content (AvgIpc) is 2.46. The van der Waals surface area contributed by atoms with Gasteiger partial charge in [0.05, 0.1) is 18.4 Å². The van der Waals surface area contributed by atoms with Crippen LogP contribution in [-0.4, -0.2) is 21.4 Å². The highest BCUT2D eigenvalue weighted by Crippen LogP contribution is 2.22. The fourth-order valence-corrected chi connectivity index (χ4v) is 2.32. The van der Waals surface area contributed by atoms with Gasteiger partial charge in [-0.25, -0.2) is 9.53 Å². The molecular formula is C14H14FN3O4S. The normalized spacial score (nSPS) is 10.9. The molecule has 0 aliphatic carbocycles. The Labute approximate surface area is 132 Å². The van der Waals surface area contributed by atoms with E-state index in [-0.39, 0.29) is 22.7 Å². The van der Waals surface area contributed by atoms with Crippen LogP contribution in [0.3, 0.4) is 0 Å². The van der Waals surface area contributed by atoms with E-state index in [1.807, 2.05) is 0 Å². The summed E-state index contributed by atoms with van der Waals surface area (Å²) in [5.74, 6) is -1.54. The van der Waals surface area contributed by atoms with Gasteiger partial charge in [-0.1, -0.05) is 12.1 Å². The van der Waals surface area contributed by atoms with Crippen LogP contribution < -0.4 is 19.9 Å². The second-order valence-electron chi connectivity index (χ2n) is 4.50. The largest absolute Gasteiger partial charge is 0.494 e. The number of carbonyl (C=O) groups is 1. The number of methoxy groups -OCH3 is 1. The number of hydrogen-bond donors (Lipinski definition) is 3. The summed E-state index contributed by atoms with van der Waals surface area (Å²) in [6, 6.07) is 10.0. The zero-order chi connectivity index (χ0) is 17.0. The molecule has 23 heavy (non-hydrogen) atoms. The number of amides is 1. The van der Waals surface area contributed by atoms with Gasteiger partial charge in [0.25, 0.3) is 16.1 Å². The summed E-state index contributed by atoms with van der Waals surface area (Å²) in [4.78, 5) is 12.1. The number of carbonyl (C=O) groups excluding carboxylic acids is 1. The Morgan fingerprint density at radius 3 is 2.48 bits per heavy atom. The molecule has 2 aromatic carbocycles. The Bertz CT molecular complexity index is 840. The summed E-state index contributed by atoms with van der Waals surface area (Å²) >= 11 is 0. The molecule has 0 spiro atoms. The van der Waals surface area contributed by atoms with Gasteiger partial charge in [-0.3, -0.25) is 9.52 Å². The molecule has 7 nitrogen and oxygen atoms in total. The Kier molecular flexibility index (Phi) is 4.82. The fraction of sp³-hybridized carbons (Fsp3) is 0.0714. The highest BCUT2D eigenvalue weighted by atomic mass is 32.2. The monoisotopic (exact) mass is 339 g/mol. The SMILES string of the molecule is COc1cccc(C(=O)Nc2cccc(NS(N)(=O)=O)c2)c1F. The van der Waals surface area contributed by atoms with Crippen molar-refractivity contribution >= 4 is 27.5 Å². The quantitative estimate of drug-likeness (QED) is 0.770. The number of ether oxygens (including phenoxy) is 1. The highest BCUT2D eigenvalue weighted by Gasteiger charge is 2.15. The van der Waals surface area contributed by atoms with Gasteiger partial charge in [-0.2, -0.15) is 8.42 Å². The van der Waals surface area contributed by atoms with Crippen molar-refractivity contribution in [1.29, 1.82) is 0 Å². The zero-order valence-corrected chi connectivity index (χ0v) is 12.9. The summed E-state index contributed by atoms with van der Waals surface area (Å²) in [7, 11) is -2.64. The molecular weight excluding hydrogens is 325 g/mol. The maximum Gasteiger partial charge on any atom is 0.296 e. The van der Waals surface area contributed by atoms with Crippen LogP contribution in [0.15, 0.2) is 42.5 Å². The minimum absolute atomic E-state index is 0.0534. The van der Waals surface area contributed by atoms with Gasteiger partial charge in [0.15, 0.2) is 11.6 Å². The standard InChI is InChI=1S/C14H14FN3O4S/c1-22-12-7-3-6-11(13(12)15)14(19)17-9-4-2-5-10(8-9)18-23(16,20)21/h2-8,18H,1H3,(H,17,19)(H2,16,20,21). The van der Waals surface area contributed by atoms with Crippen LogP contribution in [0, 0.1) is 5.82 Å². The second-order valence-corrected chi connectivity index (χ2v) is 5.80. The summed E-state index contributed by atoms with van der Waals surface area (Å²) < 4.78 is 42.9. The van der Waals surface area contributed by atoms with Crippen LogP contribution in [0.2, 0.25) is 0 Å². The fourth-order valence-electron chi connectivity index (χ4n) is 1.87. The van der Waals surface area contributed by atoms with E-state index in [1.165, 1.54) is 49.6 Å². The molecule has 0 radical (unpaired) electrons. The third-order valence-electron chi connectivity index (χ3n) is 2.81. The maximum atomic E-state index is 14.0. The minimum Gasteiger partial charge on any atom is -0.494 e. The van der Waals surface area contributed by atoms with E-state index in [0.717, 1.165) is 0 Å². The first-order valence-electron chi connectivity index (χ1n) is 6.34. The van der Waals surface area contributed by atoms with E-state index in [1.54, 1.807) is 0 Å². The van der Waals surface area contributed by atoms with Gasteiger partial charge in [-0.15, -0.1) is 0 Å². The van der Waals surface area contributed by atoms with Gasteiger partial charge >= 0.3 is 0 Å². The van der Waals surface area contributed by atoms with Crippen LogP contribution in [0.25, 0.3) is 0 Å². The molecule has 0 unspecified atom stereocenters. The van der Waals surface area contributed by atoms with E-state index in [2.05, 4.69) is 10.0 Å². The second kappa shape index (κ2) is 6.63. The summed E-state index contributed by atoms with van der Waals surface area (Å²) in [5.41, 5.74) is 0.233. The Balaban J connectivity index is 2.23. The number of nitrogens with two attached hydrogens (primary N) is 1. The van der Waals surface area contributed by atoms with Gasteiger partial charge in [0.1, 0.15) is 0 Å². The van der Waals surface area contributed by atoms with Crippen molar-refractivity contribution in [2.75, 3.05) is 17.1 Å². The maximum absolute atomic E-state index is 14.0. The molecule has 0 bridgehead atoms. The number of nitrogens with one attached hydrogen (secondary N) is 2. The van der Waals surface area contributed by atoms with Gasteiger partial charge < -0.3 is 10.1 Å². The lowest BCUT2D eigenvalue weighted by atomic mass is 10.1. The molecule has 122 valence electrons. The molecule has 4 N–H and O–H groups in total. The van der Waals surface area contributed by atoms with Gasteiger partial charge in [0, 0.05) is 5.69 Å². The Hall–Kier alpha value is -2.65. The zero-order valence-electron chi connectivity index (χ0n) is 12.0. The van der Waals surface area contributed by atoms with Crippen molar-refractivity contribution < 1.29 is 22.3 Å². The Morgan fingerprint density at radius 1 is 1.17 bits per heavy atom. The molecule has 1 amide bonds. The third-order valence-corrected chi connectivity index (χ3v) is 3.33.